The maximum Gasteiger partial charge on any atom is 0.243 e. The molecule has 0 radical (unpaired) electrons. The molecule has 2 N–H and O–H groups in total. The molecular weight excluding hydrogens is 306 g/mol. The first-order valence-electron chi connectivity index (χ1n) is 6.45. The molecular formula is C14H19N3O2S2. The largest absolute Gasteiger partial charge is 0.398 e. The minimum absolute atomic E-state index is 0.229. The topological polar surface area (TPSA) is 76.3 Å². The van der Waals surface area contributed by atoms with E-state index in [1.54, 1.807) is 18.6 Å². The Morgan fingerprint density at radius 3 is 2.48 bits per heavy atom. The lowest BCUT2D eigenvalue weighted by atomic mass is 10.1. The van der Waals surface area contributed by atoms with Crippen LogP contribution in [-0.2, 0) is 16.6 Å². The smallest absolute Gasteiger partial charge is 0.243 e. The molecule has 114 valence electrons. The first-order valence-corrected chi connectivity index (χ1v) is 8.77. The summed E-state index contributed by atoms with van der Waals surface area (Å²) >= 11 is 1.46. The van der Waals surface area contributed by atoms with Crippen molar-refractivity contribution < 1.29 is 8.42 Å². The van der Waals surface area contributed by atoms with Gasteiger partial charge in [0.1, 0.15) is 0 Å². The van der Waals surface area contributed by atoms with Gasteiger partial charge in [0.15, 0.2) is 0 Å². The van der Waals surface area contributed by atoms with E-state index in [2.05, 4.69) is 4.98 Å². The molecule has 1 aromatic carbocycles. The van der Waals surface area contributed by atoms with E-state index < -0.39 is 10.0 Å². The zero-order chi connectivity index (χ0) is 15.8. The van der Waals surface area contributed by atoms with Gasteiger partial charge in [0.2, 0.25) is 10.0 Å². The van der Waals surface area contributed by atoms with Crippen molar-refractivity contribution in [1.29, 1.82) is 0 Å². The van der Waals surface area contributed by atoms with Gasteiger partial charge in [-0.25, -0.2) is 13.4 Å². The molecule has 0 aliphatic carbocycles. The van der Waals surface area contributed by atoms with Gasteiger partial charge in [-0.2, -0.15) is 4.31 Å². The van der Waals surface area contributed by atoms with E-state index in [1.807, 2.05) is 20.8 Å². The lowest BCUT2D eigenvalue weighted by Gasteiger charge is -2.18. The fourth-order valence-corrected chi connectivity index (χ4v) is 4.12. The van der Waals surface area contributed by atoms with E-state index >= 15 is 0 Å². The molecule has 0 aliphatic heterocycles. The molecule has 0 spiro atoms. The van der Waals surface area contributed by atoms with Crippen LogP contribution in [0.25, 0.3) is 0 Å². The van der Waals surface area contributed by atoms with Crippen molar-refractivity contribution in [2.45, 2.75) is 32.2 Å². The number of aryl methyl sites for hydroxylation is 2. The van der Waals surface area contributed by atoms with Crippen LogP contribution in [0.1, 0.15) is 21.7 Å². The predicted molar refractivity (Wildman–Crippen MR) is 85.8 cm³/mol. The van der Waals surface area contributed by atoms with Gasteiger partial charge in [0, 0.05) is 24.2 Å². The fraction of sp³-hybridized carbons (Fsp3) is 0.357. The molecule has 1 heterocycles. The zero-order valence-electron chi connectivity index (χ0n) is 12.5. The van der Waals surface area contributed by atoms with Crippen molar-refractivity contribution in [2.75, 3.05) is 12.8 Å². The minimum Gasteiger partial charge on any atom is -0.398 e. The number of hydrogen-bond donors (Lipinski definition) is 1. The second-order valence-electron chi connectivity index (χ2n) is 5.08. The molecule has 0 bridgehead atoms. The van der Waals surface area contributed by atoms with Crippen LogP contribution in [0, 0.1) is 20.8 Å². The van der Waals surface area contributed by atoms with Crippen LogP contribution in [0.3, 0.4) is 0 Å². The van der Waals surface area contributed by atoms with Crippen LogP contribution in [0.2, 0.25) is 0 Å². The summed E-state index contributed by atoms with van der Waals surface area (Å²) in [6.07, 6.45) is 0. The maximum atomic E-state index is 12.6. The van der Waals surface area contributed by atoms with Gasteiger partial charge < -0.3 is 5.73 Å². The van der Waals surface area contributed by atoms with Crippen LogP contribution >= 0.6 is 11.3 Å². The molecule has 7 heteroatoms. The maximum absolute atomic E-state index is 12.6. The molecule has 21 heavy (non-hydrogen) atoms. The van der Waals surface area contributed by atoms with Crippen molar-refractivity contribution in [3.05, 3.63) is 39.3 Å². The minimum atomic E-state index is -3.56. The van der Waals surface area contributed by atoms with E-state index in [0.29, 0.717) is 12.2 Å². The Balaban J connectivity index is 2.35. The van der Waals surface area contributed by atoms with Gasteiger partial charge in [0.05, 0.1) is 16.1 Å². The molecule has 0 saturated carbocycles. The summed E-state index contributed by atoms with van der Waals surface area (Å²) in [7, 11) is -1.99. The first-order chi connectivity index (χ1) is 9.73. The normalized spacial score (nSPS) is 12.0. The van der Waals surface area contributed by atoms with Crippen LogP contribution in [0.5, 0.6) is 0 Å². The molecule has 0 unspecified atom stereocenters. The molecule has 0 fully saturated rings. The number of sulfonamides is 1. The first kappa shape index (κ1) is 15.9. The Morgan fingerprint density at radius 2 is 1.95 bits per heavy atom. The highest BCUT2D eigenvalue weighted by Crippen LogP contribution is 2.25. The summed E-state index contributed by atoms with van der Waals surface area (Å²) in [6.45, 7) is 5.93. The number of thiazole rings is 1. The van der Waals surface area contributed by atoms with E-state index in [0.717, 1.165) is 21.7 Å². The summed E-state index contributed by atoms with van der Waals surface area (Å²) in [6, 6.07) is 3.19. The molecule has 5 nitrogen and oxygen atoms in total. The Kier molecular flexibility index (Phi) is 4.36. The second kappa shape index (κ2) is 5.75. The third kappa shape index (κ3) is 3.09. The Hall–Kier alpha value is -1.44. The predicted octanol–water partition coefficient (Wildman–Crippen LogP) is 2.47. The van der Waals surface area contributed by atoms with Crippen molar-refractivity contribution in [2.24, 2.45) is 0 Å². The van der Waals surface area contributed by atoms with Crippen molar-refractivity contribution in [1.82, 2.24) is 9.29 Å². The molecule has 2 rings (SSSR count). The van der Waals surface area contributed by atoms with Gasteiger partial charge in [-0.3, -0.25) is 0 Å². The van der Waals surface area contributed by atoms with Crippen LogP contribution in [0.4, 0.5) is 5.69 Å². The molecule has 0 aliphatic rings. The summed E-state index contributed by atoms with van der Waals surface area (Å²) < 4.78 is 26.6. The molecule has 0 saturated heterocycles. The van der Waals surface area contributed by atoms with Crippen LogP contribution < -0.4 is 5.73 Å². The number of nitrogens with zero attached hydrogens (tertiary/aromatic N) is 2. The summed E-state index contributed by atoms with van der Waals surface area (Å²) in [5.74, 6) is 0. The highest BCUT2D eigenvalue weighted by molar-refractivity contribution is 7.89. The standard InChI is InChI=1S/C14H19N3O2S2/c1-9-5-12(6-13(15)10(9)2)21(18,19)17(4)7-14-11(3)16-8-20-14/h5-6,8H,7,15H2,1-4H3. The number of nitrogen functional groups attached to an aromatic ring is 1. The average molecular weight is 325 g/mol. The zero-order valence-corrected chi connectivity index (χ0v) is 14.2. The van der Waals surface area contributed by atoms with Crippen molar-refractivity contribution in [3.63, 3.8) is 0 Å². The lowest BCUT2D eigenvalue weighted by Crippen LogP contribution is -2.26. The van der Waals surface area contributed by atoms with E-state index in [9.17, 15) is 8.42 Å². The summed E-state index contributed by atoms with van der Waals surface area (Å²) in [5, 5.41) is 0. The number of nitrogens with two attached hydrogens (primary N) is 1. The number of benzene rings is 1. The van der Waals surface area contributed by atoms with Gasteiger partial charge in [-0.1, -0.05) is 0 Å². The fourth-order valence-electron chi connectivity index (χ4n) is 1.95. The highest BCUT2D eigenvalue weighted by Gasteiger charge is 2.23. The molecule has 0 amide bonds. The van der Waals surface area contributed by atoms with E-state index in [-0.39, 0.29) is 4.90 Å². The Bertz CT molecular complexity index is 743. The van der Waals surface area contributed by atoms with Gasteiger partial charge in [-0.15, -0.1) is 11.3 Å². The third-order valence-corrected chi connectivity index (χ3v) is 6.30. The number of aromatic nitrogens is 1. The summed E-state index contributed by atoms with van der Waals surface area (Å²) in [4.78, 5) is 5.31. The number of anilines is 1. The van der Waals surface area contributed by atoms with Gasteiger partial charge in [-0.05, 0) is 44.0 Å². The van der Waals surface area contributed by atoms with Crippen molar-refractivity contribution in [3.8, 4) is 0 Å². The Labute approximate surface area is 129 Å². The molecule has 2 aromatic rings. The van der Waals surface area contributed by atoms with Crippen LogP contribution in [-0.4, -0.2) is 24.8 Å². The second-order valence-corrected chi connectivity index (χ2v) is 8.06. The SMILES string of the molecule is Cc1cc(S(=O)(=O)N(C)Cc2scnc2C)cc(N)c1C. The quantitative estimate of drug-likeness (QED) is 0.876. The molecule has 0 atom stereocenters. The monoisotopic (exact) mass is 325 g/mol. The van der Waals surface area contributed by atoms with Gasteiger partial charge >= 0.3 is 0 Å². The number of rotatable bonds is 4. The van der Waals surface area contributed by atoms with E-state index in [4.69, 9.17) is 5.73 Å². The average Bonchev–Trinajstić information content (AvgIpc) is 2.80. The van der Waals surface area contributed by atoms with E-state index in [1.165, 1.54) is 21.7 Å². The summed E-state index contributed by atoms with van der Waals surface area (Å²) in [5.41, 5.74) is 10.8. The van der Waals surface area contributed by atoms with Crippen molar-refractivity contribution >= 4 is 27.0 Å². The van der Waals surface area contributed by atoms with Crippen LogP contribution in [0.15, 0.2) is 22.5 Å². The Morgan fingerprint density at radius 1 is 1.29 bits per heavy atom. The molecule has 1 aromatic heterocycles. The van der Waals surface area contributed by atoms with Gasteiger partial charge in [0.25, 0.3) is 0 Å². The highest BCUT2D eigenvalue weighted by atomic mass is 32.2. The third-order valence-electron chi connectivity index (χ3n) is 3.60. The lowest BCUT2D eigenvalue weighted by molar-refractivity contribution is 0.468. The number of hydrogen-bond acceptors (Lipinski definition) is 5.